The molecule has 1 aromatic carbocycles. The van der Waals surface area contributed by atoms with E-state index in [9.17, 15) is 9.59 Å². The van der Waals surface area contributed by atoms with Gasteiger partial charge in [-0.15, -0.1) is 5.10 Å². The third-order valence-corrected chi connectivity index (χ3v) is 7.50. The van der Waals surface area contributed by atoms with Gasteiger partial charge in [0.15, 0.2) is 11.4 Å². The van der Waals surface area contributed by atoms with Gasteiger partial charge < -0.3 is 14.7 Å². The van der Waals surface area contributed by atoms with Crippen LogP contribution >= 0.6 is 11.6 Å². The number of halogens is 1. The number of benzene rings is 1. The lowest BCUT2D eigenvalue weighted by atomic mass is 9.80. The highest BCUT2D eigenvalue weighted by atomic mass is 35.5. The molecule has 168 valence electrons. The van der Waals surface area contributed by atoms with E-state index in [0.29, 0.717) is 30.6 Å². The minimum absolute atomic E-state index is 0.0111. The fourth-order valence-electron chi connectivity index (χ4n) is 5.30. The van der Waals surface area contributed by atoms with Gasteiger partial charge in [-0.05, 0) is 61.4 Å². The van der Waals surface area contributed by atoms with Crippen molar-refractivity contribution in [3.8, 4) is 0 Å². The highest BCUT2D eigenvalue weighted by Gasteiger charge is 2.60. The lowest BCUT2D eigenvalue weighted by molar-refractivity contribution is -0.171. The Bertz CT molecular complexity index is 985. The van der Waals surface area contributed by atoms with Crippen LogP contribution in [0.15, 0.2) is 42.6 Å². The number of hydrogen-bond donors (Lipinski definition) is 0. The first-order valence-corrected chi connectivity index (χ1v) is 11.7. The van der Waals surface area contributed by atoms with Crippen LogP contribution < -0.4 is 4.90 Å². The van der Waals surface area contributed by atoms with Crippen LogP contribution in [-0.2, 0) is 16.1 Å². The molecule has 2 aliphatic heterocycles. The summed E-state index contributed by atoms with van der Waals surface area (Å²) in [6.45, 7) is 3.69. The van der Waals surface area contributed by atoms with Crippen molar-refractivity contribution in [1.82, 2.24) is 20.0 Å². The summed E-state index contributed by atoms with van der Waals surface area (Å²) in [5.41, 5.74) is 0.100. The summed E-state index contributed by atoms with van der Waals surface area (Å²) in [6.07, 6.45) is 5.79. The van der Waals surface area contributed by atoms with Gasteiger partial charge in [0.2, 0.25) is 5.91 Å². The molecule has 1 spiro atoms. The van der Waals surface area contributed by atoms with E-state index in [4.69, 9.17) is 11.6 Å². The van der Waals surface area contributed by atoms with Crippen LogP contribution in [0.1, 0.15) is 38.2 Å². The zero-order valence-electron chi connectivity index (χ0n) is 18.3. The Labute approximate surface area is 193 Å². The molecule has 2 saturated heterocycles. The molecule has 1 saturated carbocycles. The van der Waals surface area contributed by atoms with Crippen molar-refractivity contribution in [1.29, 1.82) is 0 Å². The van der Waals surface area contributed by atoms with Crippen LogP contribution in [0.5, 0.6) is 0 Å². The predicted octanol–water partition coefficient (Wildman–Crippen LogP) is 3.14. The van der Waals surface area contributed by atoms with Crippen LogP contribution in [0.25, 0.3) is 0 Å². The van der Waals surface area contributed by atoms with Crippen molar-refractivity contribution in [2.24, 2.45) is 5.92 Å². The Kier molecular flexibility index (Phi) is 5.53. The Balaban J connectivity index is 1.43. The van der Waals surface area contributed by atoms with Crippen LogP contribution in [0.3, 0.4) is 0 Å². The van der Waals surface area contributed by atoms with Crippen molar-refractivity contribution in [3.05, 3.63) is 53.2 Å². The van der Waals surface area contributed by atoms with Crippen LogP contribution in [0.4, 0.5) is 5.82 Å². The lowest BCUT2D eigenvalue weighted by Gasteiger charge is -2.59. The molecule has 0 N–H and O–H groups in total. The fraction of sp³-hybridized carbons (Fsp3) is 0.500. The third kappa shape index (κ3) is 3.72. The first-order chi connectivity index (χ1) is 15.5. The summed E-state index contributed by atoms with van der Waals surface area (Å²) in [5, 5.41) is 8.81. The summed E-state index contributed by atoms with van der Waals surface area (Å²) >= 11 is 6.04. The largest absolute Gasteiger partial charge is 0.349 e. The third-order valence-electron chi connectivity index (χ3n) is 7.25. The second kappa shape index (κ2) is 8.35. The number of aromatic nitrogens is 2. The number of carbonyl (C=O) groups is 2. The van der Waals surface area contributed by atoms with Gasteiger partial charge in [-0.1, -0.05) is 30.7 Å². The number of amides is 2. The van der Waals surface area contributed by atoms with Crippen LogP contribution in [-0.4, -0.2) is 63.0 Å². The van der Waals surface area contributed by atoms with Gasteiger partial charge in [0.1, 0.15) is 6.54 Å². The molecule has 1 aromatic heterocycles. The molecule has 3 fully saturated rings. The Hall–Kier alpha value is -2.67. The maximum Gasteiger partial charge on any atom is 0.252 e. The van der Waals surface area contributed by atoms with Crippen LogP contribution in [0, 0.1) is 5.92 Å². The molecular formula is C24H28ClN5O2. The molecular weight excluding hydrogens is 426 g/mol. The number of rotatable bonds is 4. The Morgan fingerprint density at radius 2 is 1.78 bits per heavy atom. The fourth-order valence-corrected chi connectivity index (χ4v) is 5.43. The number of hydrogen-bond acceptors (Lipinski definition) is 5. The summed E-state index contributed by atoms with van der Waals surface area (Å²) in [5.74, 6) is 1.50. The molecule has 0 atom stereocenters. The zero-order valence-corrected chi connectivity index (χ0v) is 19.0. The van der Waals surface area contributed by atoms with E-state index in [1.54, 1.807) is 11.1 Å². The van der Waals surface area contributed by atoms with E-state index in [1.165, 1.54) is 0 Å². The Morgan fingerprint density at radius 3 is 2.44 bits per heavy atom. The van der Waals surface area contributed by atoms with E-state index in [0.717, 1.165) is 37.1 Å². The van der Waals surface area contributed by atoms with Gasteiger partial charge in [0.25, 0.3) is 5.91 Å². The summed E-state index contributed by atoms with van der Waals surface area (Å²) in [4.78, 5) is 33.1. The van der Waals surface area contributed by atoms with Crippen molar-refractivity contribution >= 4 is 29.2 Å². The van der Waals surface area contributed by atoms with Gasteiger partial charge in [-0.3, -0.25) is 9.59 Å². The first-order valence-electron chi connectivity index (χ1n) is 11.3. The quantitative estimate of drug-likeness (QED) is 0.711. The van der Waals surface area contributed by atoms with Gasteiger partial charge in [-0.25, -0.2) is 0 Å². The highest BCUT2D eigenvalue weighted by molar-refractivity contribution is 6.30. The van der Waals surface area contributed by atoms with Crippen LogP contribution in [0.2, 0.25) is 5.02 Å². The second-order valence-electron chi connectivity index (χ2n) is 9.42. The van der Waals surface area contributed by atoms with Gasteiger partial charge in [0, 0.05) is 23.8 Å². The summed E-state index contributed by atoms with van der Waals surface area (Å²) in [7, 11) is 0. The molecule has 8 heteroatoms. The van der Waals surface area contributed by atoms with Crippen molar-refractivity contribution in [2.75, 3.05) is 24.5 Å². The molecule has 3 aliphatic rings. The van der Waals surface area contributed by atoms with E-state index < -0.39 is 5.54 Å². The Morgan fingerprint density at radius 1 is 1.06 bits per heavy atom. The first kappa shape index (κ1) is 21.2. The maximum atomic E-state index is 13.9. The molecule has 3 heterocycles. The van der Waals surface area contributed by atoms with Crippen molar-refractivity contribution in [3.63, 3.8) is 0 Å². The van der Waals surface area contributed by atoms with Gasteiger partial charge >= 0.3 is 0 Å². The smallest absolute Gasteiger partial charge is 0.252 e. The number of nitrogens with zero attached hydrogens (tertiary/aromatic N) is 5. The highest BCUT2D eigenvalue weighted by Crippen LogP contribution is 2.39. The molecule has 0 unspecified atom stereocenters. The van der Waals surface area contributed by atoms with Gasteiger partial charge in [0.05, 0.1) is 13.1 Å². The molecule has 7 nitrogen and oxygen atoms in total. The maximum absolute atomic E-state index is 13.9. The molecule has 0 radical (unpaired) electrons. The van der Waals surface area contributed by atoms with E-state index in [1.807, 2.05) is 46.2 Å². The zero-order chi connectivity index (χ0) is 22.3. The van der Waals surface area contributed by atoms with E-state index >= 15 is 0 Å². The van der Waals surface area contributed by atoms with Crippen molar-refractivity contribution < 1.29 is 9.59 Å². The summed E-state index contributed by atoms with van der Waals surface area (Å²) in [6, 6.07) is 11.4. The minimum atomic E-state index is -0.866. The average Bonchev–Trinajstić information content (AvgIpc) is 2.78. The predicted molar refractivity (Wildman–Crippen MR) is 122 cm³/mol. The topological polar surface area (TPSA) is 69.6 Å². The standard InChI is InChI=1S/C24H28ClN5O2/c1-17-4-10-20(11-5-17)29-14-22(31)30(13-18-6-8-19(25)9-7-18)24(23(29)32)15-28(16-24)21-3-2-12-26-27-21/h2-3,6-9,12,17,20H,4-5,10-11,13-16H2,1H3/t17-,20-. The molecule has 32 heavy (non-hydrogen) atoms. The molecule has 2 aromatic rings. The van der Waals surface area contributed by atoms with Gasteiger partial charge in [-0.2, -0.15) is 5.10 Å². The number of piperazine rings is 1. The monoisotopic (exact) mass is 453 g/mol. The van der Waals surface area contributed by atoms with E-state index in [-0.39, 0.29) is 24.4 Å². The molecule has 2 amide bonds. The number of anilines is 1. The molecule has 1 aliphatic carbocycles. The minimum Gasteiger partial charge on any atom is -0.349 e. The average molecular weight is 454 g/mol. The normalized spacial score (nSPS) is 25.2. The van der Waals surface area contributed by atoms with E-state index in [2.05, 4.69) is 17.1 Å². The summed E-state index contributed by atoms with van der Waals surface area (Å²) < 4.78 is 0. The lowest BCUT2D eigenvalue weighted by Crippen LogP contribution is -2.81. The number of carbonyl (C=O) groups excluding carboxylic acids is 2. The molecule has 0 bridgehead atoms. The molecule has 5 rings (SSSR count). The second-order valence-corrected chi connectivity index (χ2v) is 9.86. The van der Waals surface area contributed by atoms with Crippen molar-refractivity contribution in [2.45, 2.75) is 50.7 Å². The SMILES string of the molecule is C[C@H]1CC[C@H](N2CC(=O)N(Cc3ccc(Cl)cc3)C3(CN(c4cccnn4)C3)C2=O)CC1.